The van der Waals surface area contributed by atoms with Gasteiger partial charge in [-0.3, -0.25) is 4.79 Å². The summed E-state index contributed by atoms with van der Waals surface area (Å²) in [5.74, 6) is -0.287. The molecule has 1 saturated heterocycles. The second-order valence-electron chi connectivity index (χ2n) is 7.88. The number of carbonyl (C=O) groups excluding carboxylic acids is 1. The van der Waals surface area contributed by atoms with Gasteiger partial charge in [-0.1, -0.05) is 30.2 Å². The summed E-state index contributed by atoms with van der Waals surface area (Å²) in [4.78, 5) is 15.2. The third kappa shape index (κ3) is 5.34. The highest BCUT2D eigenvalue weighted by atomic mass is 35.5. The standard InChI is InChI=1S/C21H28FN5O.ClH/c22-17-5-3-4-16(14-17)10-13-26(18-6-1-2-7-18)21(28)20-15-27(25-24-20)19-8-11-23-12-9-19;/h3-5,14-15,18-19,23H,1-2,6-13H2;1H. The number of aromatic nitrogens is 3. The van der Waals surface area contributed by atoms with Crippen LogP contribution in [-0.4, -0.2) is 51.5 Å². The van der Waals surface area contributed by atoms with Crippen molar-refractivity contribution in [2.75, 3.05) is 19.6 Å². The third-order valence-electron chi connectivity index (χ3n) is 5.97. The van der Waals surface area contributed by atoms with E-state index in [0.29, 0.717) is 24.7 Å². The summed E-state index contributed by atoms with van der Waals surface area (Å²) in [5.41, 5.74) is 1.33. The van der Waals surface area contributed by atoms with Gasteiger partial charge in [0.25, 0.3) is 5.91 Å². The number of hydrogen-bond acceptors (Lipinski definition) is 4. The van der Waals surface area contributed by atoms with E-state index in [2.05, 4.69) is 15.6 Å². The summed E-state index contributed by atoms with van der Waals surface area (Å²) in [6, 6.07) is 7.17. The molecule has 1 amide bonds. The minimum Gasteiger partial charge on any atom is -0.334 e. The van der Waals surface area contributed by atoms with Crippen LogP contribution >= 0.6 is 12.4 Å². The van der Waals surface area contributed by atoms with Gasteiger partial charge in [-0.05, 0) is 62.9 Å². The van der Waals surface area contributed by atoms with Gasteiger partial charge in [0.05, 0.1) is 12.2 Å². The highest BCUT2D eigenvalue weighted by Crippen LogP contribution is 2.25. The lowest BCUT2D eigenvalue weighted by Crippen LogP contribution is -2.40. The molecule has 2 heterocycles. The second kappa shape index (κ2) is 10.2. The van der Waals surface area contributed by atoms with Crippen LogP contribution in [0.25, 0.3) is 0 Å². The summed E-state index contributed by atoms with van der Waals surface area (Å²) >= 11 is 0. The van der Waals surface area contributed by atoms with Crippen molar-refractivity contribution in [1.82, 2.24) is 25.2 Å². The van der Waals surface area contributed by atoms with Gasteiger partial charge in [0.15, 0.2) is 5.69 Å². The molecule has 2 aliphatic rings. The van der Waals surface area contributed by atoms with E-state index in [-0.39, 0.29) is 30.2 Å². The van der Waals surface area contributed by atoms with Crippen LogP contribution in [0, 0.1) is 5.82 Å². The number of nitrogens with one attached hydrogen (secondary N) is 1. The van der Waals surface area contributed by atoms with Crippen LogP contribution in [0.1, 0.15) is 60.6 Å². The van der Waals surface area contributed by atoms with E-state index in [1.807, 2.05) is 21.8 Å². The van der Waals surface area contributed by atoms with E-state index >= 15 is 0 Å². The molecule has 29 heavy (non-hydrogen) atoms. The number of amides is 1. The Bertz CT molecular complexity index is 802. The topological polar surface area (TPSA) is 63.1 Å². The highest BCUT2D eigenvalue weighted by Gasteiger charge is 2.29. The maximum atomic E-state index is 13.5. The van der Waals surface area contributed by atoms with Crippen molar-refractivity contribution in [2.24, 2.45) is 0 Å². The molecular formula is C21H29ClFN5O. The molecule has 1 saturated carbocycles. The Morgan fingerprint density at radius 2 is 1.97 bits per heavy atom. The van der Waals surface area contributed by atoms with Crippen molar-refractivity contribution < 1.29 is 9.18 Å². The molecule has 8 heteroatoms. The first-order chi connectivity index (χ1) is 13.7. The fourth-order valence-corrected chi connectivity index (χ4v) is 4.38. The maximum absolute atomic E-state index is 13.5. The quantitative estimate of drug-likeness (QED) is 0.776. The summed E-state index contributed by atoms with van der Waals surface area (Å²) in [6.45, 7) is 2.51. The van der Waals surface area contributed by atoms with E-state index in [4.69, 9.17) is 0 Å². The number of benzene rings is 1. The first kappa shape index (κ1) is 21.7. The Labute approximate surface area is 177 Å². The smallest absolute Gasteiger partial charge is 0.276 e. The van der Waals surface area contributed by atoms with Crippen LogP contribution in [0.4, 0.5) is 4.39 Å². The third-order valence-corrected chi connectivity index (χ3v) is 5.97. The fourth-order valence-electron chi connectivity index (χ4n) is 4.38. The Morgan fingerprint density at radius 3 is 2.69 bits per heavy atom. The number of hydrogen-bond donors (Lipinski definition) is 1. The molecule has 2 fully saturated rings. The van der Waals surface area contributed by atoms with Gasteiger partial charge in [0.2, 0.25) is 0 Å². The molecule has 158 valence electrons. The van der Waals surface area contributed by atoms with Crippen LogP contribution in [0.2, 0.25) is 0 Å². The monoisotopic (exact) mass is 421 g/mol. The van der Waals surface area contributed by atoms with Crippen molar-refractivity contribution in [2.45, 2.75) is 57.0 Å². The van der Waals surface area contributed by atoms with Crippen LogP contribution in [-0.2, 0) is 6.42 Å². The minimum absolute atomic E-state index is 0. The van der Waals surface area contributed by atoms with Crippen LogP contribution in [0.15, 0.2) is 30.5 Å². The molecule has 1 aromatic carbocycles. The highest BCUT2D eigenvalue weighted by molar-refractivity contribution is 5.92. The largest absolute Gasteiger partial charge is 0.334 e. The lowest BCUT2D eigenvalue weighted by molar-refractivity contribution is 0.0677. The number of nitrogens with zero attached hydrogens (tertiary/aromatic N) is 4. The van der Waals surface area contributed by atoms with Crippen molar-refractivity contribution in [3.05, 3.63) is 47.5 Å². The Hall–Kier alpha value is -1.99. The lowest BCUT2D eigenvalue weighted by atomic mass is 10.1. The molecule has 2 aromatic rings. The van der Waals surface area contributed by atoms with E-state index in [1.165, 1.54) is 6.07 Å². The van der Waals surface area contributed by atoms with E-state index in [0.717, 1.165) is 57.2 Å². The first-order valence-electron chi connectivity index (χ1n) is 10.4. The molecule has 0 bridgehead atoms. The Morgan fingerprint density at radius 1 is 1.21 bits per heavy atom. The van der Waals surface area contributed by atoms with E-state index in [9.17, 15) is 9.18 Å². The molecular weight excluding hydrogens is 393 g/mol. The Kier molecular flexibility index (Phi) is 7.61. The lowest BCUT2D eigenvalue weighted by Gasteiger charge is -2.28. The van der Waals surface area contributed by atoms with Crippen molar-refractivity contribution >= 4 is 18.3 Å². The van der Waals surface area contributed by atoms with Gasteiger partial charge >= 0.3 is 0 Å². The first-order valence-corrected chi connectivity index (χ1v) is 10.4. The molecule has 6 nitrogen and oxygen atoms in total. The molecule has 0 atom stereocenters. The maximum Gasteiger partial charge on any atom is 0.276 e. The average molecular weight is 422 g/mol. The van der Waals surface area contributed by atoms with Crippen molar-refractivity contribution in [3.63, 3.8) is 0 Å². The summed E-state index contributed by atoms with van der Waals surface area (Å²) < 4.78 is 15.3. The zero-order chi connectivity index (χ0) is 19.3. The van der Waals surface area contributed by atoms with Gasteiger partial charge in [-0.2, -0.15) is 0 Å². The van der Waals surface area contributed by atoms with Crippen LogP contribution in [0.5, 0.6) is 0 Å². The number of carbonyl (C=O) groups is 1. The van der Waals surface area contributed by atoms with E-state index in [1.54, 1.807) is 12.1 Å². The number of halogens is 2. The van der Waals surface area contributed by atoms with Gasteiger partial charge in [-0.15, -0.1) is 17.5 Å². The predicted molar refractivity (Wildman–Crippen MR) is 112 cm³/mol. The zero-order valence-electron chi connectivity index (χ0n) is 16.6. The Balaban J connectivity index is 0.00000240. The molecule has 1 aromatic heterocycles. The average Bonchev–Trinajstić information content (AvgIpc) is 3.41. The van der Waals surface area contributed by atoms with Gasteiger partial charge < -0.3 is 10.2 Å². The van der Waals surface area contributed by atoms with Gasteiger partial charge in [0.1, 0.15) is 5.82 Å². The number of piperidine rings is 1. The minimum atomic E-state index is -0.235. The van der Waals surface area contributed by atoms with Gasteiger partial charge in [0, 0.05) is 12.6 Å². The predicted octanol–water partition coefficient (Wildman–Crippen LogP) is 3.39. The fraction of sp³-hybridized carbons (Fsp3) is 0.571. The van der Waals surface area contributed by atoms with Crippen LogP contribution in [0.3, 0.4) is 0 Å². The molecule has 1 aliphatic heterocycles. The molecule has 1 aliphatic carbocycles. The van der Waals surface area contributed by atoms with Crippen molar-refractivity contribution in [3.8, 4) is 0 Å². The van der Waals surface area contributed by atoms with E-state index < -0.39 is 0 Å². The van der Waals surface area contributed by atoms with Gasteiger partial charge in [-0.25, -0.2) is 9.07 Å². The molecule has 0 spiro atoms. The molecule has 0 unspecified atom stereocenters. The second-order valence-corrected chi connectivity index (χ2v) is 7.88. The molecule has 1 N–H and O–H groups in total. The number of rotatable bonds is 6. The summed E-state index contributed by atoms with van der Waals surface area (Å²) in [7, 11) is 0. The van der Waals surface area contributed by atoms with Crippen LogP contribution < -0.4 is 5.32 Å². The SMILES string of the molecule is Cl.O=C(c1cn(C2CCNCC2)nn1)N(CCc1cccc(F)c1)C1CCCC1. The zero-order valence-corrected chi connectivity index (χ0v) is 17.4. The summed E-state index contributed by atoms with van der Waals surface area (Å²) in [5, 5.41) is 11.8. The summed E-state index contributed by atoms with van der Waals surface area (Å²) in [6.07, 6.45) is 8.80. The molecule has 0 radical (unpaired) electrons. The normalized spacial score (nSPS) is 17.8. The molecule has 4 rings (SSSR count). The van der Waals surface area contributed by atoms with Crippen molar-refractivity contribution in [1.29, 1.82) is 0 Å².